The lowest BCUT2D eigenvalue weighted by Crippen LogP contribution is -2.12. The van der Waals surface area contributed by atoms with E-state index in [4.69, 9.17) is 9.88 Å². The molecule has 2 aromatic rings. The van der Waals surface area contributed by atoms with Crippen LogP contribution in [-0.2, 0) is 16.4 Å². The summed E-state index contributed by atoms with van der Waals surface area (Å²) in [5, 5.41) is 5.05. The highest BCUT2D eigenvalue weighted by atomic mass is 32.2. The van der Waals surface area contributed by atoms with Gasteiger partial charge in [0, 0.05) is 12.5 Å². The molecular formula is C13H13FN2O3S. The summed E-state index contributed by atoms with van der Waals surface area (Å²) in [5.41, 5.74) is 0.777. The molecule has 0 radical (unpaired) electrons. The Morgan fingerprint density at radius 2 is 2.05 bits per heavy atom. The molecule has 7 heteroatoms. The van der Waals surface area contributed by atoms with Crippen LogP contribution in [0.15, 0.2) is 47.5 Å². The van der Waals surface area contributed by atoms with Gasteiger partial charge in [-0.1, -0.05) is 12.1 Å². The number of rotatable bonds is 5. The van der Waals surface area contributed by atoms with Gasteiger partial charge in [-0.3, -0.25) is 0 Å². The molecule has 0 fully saturated rings. The number of aromatic nitrogens is 1. The van der Waals surface area contributed by atoms with E-state index >= 15 is 0 Å². The van der Waals surface area contributed by atoms with Gasteiger partial charge in [0.05, 0.1) is 17.7 Å². The van der Waals surface area contributed by atoms with Gasteiger partial charge >= 0.3 is 0 Å². The molecule has 2 N–H and O–H groups in total. The Labute approximate surface area is 116 Å². The highest BCUT2D eigenvalue weighted by Gasteiger charge is 2.07. The molecule has 0 unspecified atom stereocenters. The second-order valence-corrected chi connectivity index (χ2v) is 5.67. The lowest BCUT2D eigenvalue weighted by molar-refractivity contribution is 0.308. The fourth-order valence-corrected chi connectivity index (χ4v) is 2.18. The van der Waals surface area contributed by atoms with Crippen LogP contribution in [0.5, 0.6) is 5.88 Å². The highest BCUT2D eigenvalue weighted by molar-refractivity contribution is 7.89. The summed E-state index contributed by atoms with van der Waals surface area (Å²) < 4.78 is 40.4. The third-order valence-electron chi connectivity index (χ3n) is 2.57. The maximum absolute atomic E-state index is 12.6. The molecule has 0 atom stereocenters. The zero-order valence-electron chi connectivity index (χ0n) is 10.5. The first kappa shape index (κ1) is 14.4. The minimum absolute atomic E-state index is 0.0647. The van der Waals surface area contributed by atoms with E-state index in [2.05, 4.69) is 4.98 Å². The fraction of sp³-hybridized carbons (Fsp3) is 0.154. The van der Waals surface area contributed by atoms with E-state index in [9.17, 15) is 12.8 Å². The van der Waals surface area contributed by atoms with Crippen molar-refractivity contribution >= 4 is 10.0 Å². The van der Waals surface area contributed by atoms with Crippen LogP contribution in [0.3, 0.4) is 0 Å². The van der Waals surface area contributed by atoms with Crippen molar-refractivity contribution in [2.75, 3.05) is 6.61 Å². The van der Waals surface area contributed by atoms with Gasteiger partial charge in [-0.25, -0.2) is 22.9 Å². The van der Waals surface area contributed by atoms with E-state index in [1.54, 1.807) is 12.1 Å². The first-order chi connectivity index (χ1) is 9.45. The van der Waals surface area contributed by atoms with Crippen molar-refractivity contribution in [1.82, 2.24) is 4.98 Å². The van der Waals surface area contributed by atoms with E-state index in [0.717, 1.165) is 11.8 Å². The second kappa shape index (κ2) is 5.98. The van der Waals surface area contributed by atoms with Crippen LogP contribution < -0.4 is 9.88 Å². The number of nitrogens with zero attached hydrogens (tertiary/aromatic N) is 1. The van der Waals surface area contributed by atoms with Gasteiger partial charge in [-0.15, -0.1) is 0 Å². The molecule has 20 heavy (non-hydrogen) atoms. The largest absolute Gasteiger partial charge is 0.477 e. The quantitative estimate of drug-likeness (QED) is 0.906. The SMILES string of the molecule is NS(=O)(=O)c1cccc(CCOc2ccc(F)cn2)c1. The van der Waals surface area contributed by atoms with Crippen molar-refractivity contribution in [2.45, 2.75) is 11.3 Å². The normalized spacial score (nSPS) is 11.3. The summed E-state index contributed by atoms with van der Waals surface area (Å²) >= 11 is 0. The number of ether oxygens (including phenoxy) is 1. The molecule has 0 aliphatic rings. The molecule has 1 aromatic heterocycles. The van der Waals surface area contributed by atoms with Gasteiger partial charge in [0.25, 0.3) is 0 Å². The number of halogens is 1. The minimum Gasteiger partial charge on any atom is -0.477 e. The number of sulfonamides is 1. The molecule has 1 heterocycles. The Bertz CT molecular complexity index is 687. The van der Waals surface area contributed by atoms with Gasteiger partial charge in [0.1, 0.15) is 5.82 Å². The Hall–Kier alpha value is -1.99. The van der Waals surface area contributed by atoms with E-state index in [1.807, 2.05) is 0 Å². The van der Waals surface area contributed by atoms with Crippen LogP contribution in [0.2, 0.25) is 0 Å². The van der Waals surface area contributed by atoms with Gasteiger partial charge in [-0.05, 0) is 23.8 Å². The van der Waals surface area contributed by atoms with Crippen LogP contribution in [0, 0.1) is 5.82 Å². The number of nitrogens with two attached hydrogens (primary N) is 1. The molecule has 0 aliphatic heterocycles. The van der Waals surface area contributed by atoms with Gasteiger partial charge in [-0.2, -0.15) is 0 Å². The lowest BCUT2D eigenvalue weighted by Gasteiger charge is -2.06. The summed E-state index contributed by atoms with van der Waals surface area (Å²) in [7, 11) is -3.70. The molecular weight excluding hydrogens is 283 g/mol. The summed E-state index contributed by atoms with van der Waals surface area (Å²) in [6, 6.07) is 9.00. The summed E-state index contributed by atoms with van der Waals surface area (Å²) in [4.78, 5) is 3.82. The predicted molar refractivity (Wildman–Crippen MR) is 71.2 cm³/mol. The third-order valence-corrected chi connectivity index (χ3v) is 3.48. The summed E-state index contributed by atoms with van der Waals surface area (Å²) in [5.74, 6) is -0.118. The number of pyridine rings is 1. The Kier molecular flexibility index (Phi) is 4.31. The van der Waals surface area contributed by atoms with Crippen LogP contribution in [-0.4, -0.2) is 20.0 Å². The molecule has 0 spiro atoms. The molecule has 0 aliphatic carbocycles. The monoisotopic (exact) mass is 296 g/mol. The standard InChI is InChI=1S/C13H13FN2O3S/c14-11-4-5-13(16-9-11)19-7-6-10-2-1-3-12(8-10)20(15,17)18/h1-5,8-9H,6-7H2,(H2,15,17,18). The van der Waals surface area contributed by atoms with E-state index in [-0.39, 0.29) is 4.90 Å². The summed E-state index contributed by atoms with van der Waals surface area (Å²) in [6.07, 6.45) is 1.55. The van der Waals surface area contributed by atoms with Crippen molar-refractivity contribution in [3.8, 4) is 5.88 Å². The zero-order chi connectivity index (χ0) is 14.6. The maximum atomic E-state index is 12.6. The van der Waals surface area contributed by atoms with Crippen molar-refractivity contribution in [3.63, 3.8) is 0 Å². The average Bonchev–Trinajstić information content (AvgIpc) is 2.40. The fourth-order valence-electron chi connectivity index (χ4n) is 1.60. The van der Waals surface area contributed by atoms with Crippen molar-refractivity contribution in [2.24, 2.45) is 5.14 Å². The molecule has 0 bridgehead atoms. The third kappa shape index (κ3) is 4.01. The lowest BCUT2D eigenvalue weighted by atomic mass is 10.2. The zero-order valence-corrected chi connectivity index (χ0v) is 11.3. The van der Waals surface area contributed by atoms with Gasteiger partial charge in [0.15, 0.2) is 0 Å². The van der Waals surface area contributed by atoms with E-state index in [1.165, 1.54) is 24.3 Å². The average molecular weight is 296 g/mol. The number of hydrogen-bond donors (Lipinski definition) is 1. The maximum Gasteiger partial charge on any atom is 0.238 e. The predicted octanol–water partition coefficient (Wildman–Crippen LogP) is 1.49. The van der Waals surface area contributed by atoms with E-state index < -0.39 is 15.8 Å². The molecule has 0 amide bonds. The number of hydrogen-bond acceptors (Lipinski definition) is 4. The molecule has 5 nitrogen and oxygen atoms in total. The highest BCUT2D eigenvalue weighted by Crippen LogP contribution is 2.11. The minimum atomic E-state index is -3.70. The van der Waals surface area contributed by atoms with Crippen molar-refractivity contribution in [1.29, 1.82) is 0 Å². The molecule has 106 valence electrons. The van der Waals surface area contributed by atoms with Crippen LogP contribution in [0.1, 0.15) is 5.56 Å². The first-order valence-electron chi connectivity index (χ1n) is 5.81. The molecule has 0 saturated carbocycles. The van der Waals surface area contributed by atoms with Crippen LogP contribution in [0.4, 0.5) is 4.39 Å². The van der Waals surface area contributed by atoms with Gasteiger partial charge < -0.3 is 4.74 Å². The Morgan fingerprint density at radius 1 is 1.25 bits per heavy atom. The Balaban J connectivity index is 1.96. The van der Waals surface area contributed by atoms with E-state index in [0.29, 0.717) is 18.9 Å². The Morgan fingerprint density at radius 3 is 2.70 bits per heavy atom. The smallest absolute Gasteiger partial charge is 0.238 e. The molecule has 1 aromatic carbocycles. The van der Waals surface area contributed by atoms with Crippen LogP contribution in [0.25, 0.3) is 0 Å². The van der Waals surface area contributed by atoms with Gasteiger partial charge in [0.2, 0.25) is 15.9 Å². The molecule has 2 rings (SSSR count). The second-order valence-electron chi connectivity index (χ2n) is 4.11. The number of benzene rings is 1. The first-order valence-corrected chi connectivity index (χ1v) is 7.36. The summed E-state index contributed by atoms with van der Waals surface area (Å²) in [6.45, 7) is 0.298. The number of primary sulfonamides is 1. The van der Waals surface area contributed by atoms with Crippen LogP contribution >= 0.6 is 0 Å². The van der Waals surface area contributed by atoms with Crippen molar-refractivity contribution < 1.29 is 17.5 Å². The topological polar surface area (TPSA) is 82.3 Å². The van der Waals surface area contributed by atoms with Crippen molar-refractivity contribution in [3.05, 3.63) is 54.0 Å². The molecule has 0 saturated heterocycles.